The predicted octanol–water partition coefficient (Wildman–Crippen LogP) is 4.53. The van der Waals surface area contributed by atoms with Gasteiger partial charge in [-0.2, -0.15) is 0 Å². The van der Waals surface area contributed by atoms with Crippen LogP contribution in [0.3, 0.4) is 0 Å². The minimum atomic E-state index is 0.769. The summed E-state index contributed by atoms with van der Waals surface area (Å²) in [7, 11) is 0. The first-order valence-corrected chi connectivity index (χ1v) is 7.42. The highest BCUT2D eigenvalue weighted by atomic mass is 35.5. The third-order valence-corrected chi connectivity index (χ3v) is 3.75. The number of hydrogen-bond acceptors (Lipinski definition) is 4. The van der Waals surface area contributed by atoms with E-state index in [4.69, 9.17) is 11.6 Å². The zero-order valence-corrected chi connectivity index (χ0v) is 12.2. The predicted molar refractivity (Wildman–Crippen MR) is 83.9 cm³/mol. The first-order chi connectivity index (χ1) is 9.79. The van der Waals surface area contributed by atoms with E-state index in [2.05, 4.69) is 39.8 Å². The lowest BCUT2D eigenvalue weighted by atomic mass is 10.0. The summed E-state index contributed by atoms with van der Waals surface area (Å²) < 4.78 is 0. The van der Waals surface area contributed by atoms with E-state index in [1.807, 2.05) is 24.3 Å². The molecule has 0 radical (unpaired) electrons. The van der Waals surface area contributed by atoms with Crippen molar-refractivity contribution in [2.75, 3.05) is 5.32 Å². The molecule has 0 spiro atoms. The highest BCUT2D eigenvalue weighted by Crippen LogP contribution is 2.19. The highest BCUT2D eigenvalue weighted by Gasteiger charge is 2.00. The van der Waals surface area contributed by atoms with E-state index in [0.717, 1.165) is 22.3 Å². The number of benzene rings is 2. The van der Waals surface area contributed by atoms with Gasteiger partial charge in [-0.1, -0.05) is 47.2 Å². The zero-order chi connectivity index (χ0) is 13.8. The van der Waals surface area contributed by atoms with Crippen LogP contribution >= 0.6 is 22.9 Å². The Labute approximate surface area is 126 Å². The topological polar surface area (TPSA) is 37.8 Å². The van der Waals surface area contributed by atoms with Crippen LogP contribution in [-0.4, -0.2) is 10.2 Å². The Morgan fingerprint density at radius 3 is 2.20 bits per heavy atom. The van der Waals surface area contributed by atoms with Gasteiger partial charge in [0.2, 0.25) is 5.13 Å². The quantitative estimate of drug-likeness (QED) is 0.769. The summed E-state index contributed by atoms with van der Waals surface area (Å²) in [6, 6.07) is 16.3. The number of hydrogen-bond donors (Lipinski definition) is 1. The van der Waals surface area contributed by atoms with E-state index in [1.54, 1.807) is 5.51 Å². The van der Waals surface area contributed by atoms with E-state index >= 15 is 0 Å². The van der Waals surface area contributed by atoms with Crippen molar-refractivity contribution >= 4 is 33.8 Å². The average molecular weight is 302 g/mol. The highest BCUT2D eigenvalue weighted by molar-refractivity contribution is 7.13. The summed E-state index contributed by atoms with van der Waals surface area (Å²) in [5.41, 5.74) is 5.23. The molecule has 0 atom stereocenters. The third kappa shape index (κ3) is 3.35. The minimum absolute atomic E-state index is 0.769. The van der Waals surface area contributed by atoms with Crippen LogP contribution in [0.2, 0.25) is 5.02 Å². The molecule has 0 amide bonds. The van der Waals surface area contributed by atoms with Gasteiger partial charge in [-0.25, -0.2) is 0 Å². The summed E-state index contributed by atoms with van der Waals surface area (Å²) in [5.74, 6) is 0. The zero-order valence-electron chi connectivity index (χ0n) is 10.6. The van der Waals surface area contributed by atoms with Gasteiger partial charge in [0, 0.05) is 10.7 Å². The van der Waals surface area contributed by atoms with Crippen molar-refractivity contribution in [3.63, 3.8) is 0 Å². The largest absolute Gasteiger partial charge is 0.330 e. The van der Waals surface area contributed by atoms with Gasteiger partial charge >= 0.3 is 0 Å². The molecule has 0 bridgehead atoms. The Morgan fingerprint density at radius 2 is 1.60 bits per heavy atom. The van der Waals surface area contributed by atoms with E-state index in [0.29, 0.717) is 0 Å². The fraction of sp³-hybridized carbons (Fsp3) is 0.0667. The van der Waals surface area contributed by atoms with Gasteiger partial charge in [0.25, 0.3) is 0 Å². The van der Waals surface area contributed by atoms with Crippen LogP contribution in [0.1, 0.15) is 11.1 Å². The number of nitrogens with zero attached hydrogens (tertiary/aromatic N) is 2. The summed E-state index contributed by atoms with van der Waals surface area (Å²) in [6.45, 7) is 0. The smallest absolute Gasteiger partial charge is 0.209 e. The van der Waals surface area contributed by atoms with Crippen molar-refractivity contribution in [2.45, 2.75) is 6.42 Å². The Morgan fingerprint density at radius 1 is 0.950 bits per heavy atom. The molecule has 0 saturated heterocycles. The molecule has 3 rings (SSSR count). The molecule has 100 valence electrons. The fourth-order valence-electron chi connectivity index (χ4n) is 1.89. The summed E-state index contributed by atoms with van der Waals surface area (Å²) in [5, 5.41) is 12.5. The maximum Gasteiger partial charge on any atom is 0.209 e. The van der Waals surface area contributed by atoms with Crippen molar-refractivity contribution in [3.8, 4) is 0 Å². The molecule has 0 aliphatic rings. The molecule has 1 heterocycles. The van der Waals surface area contributed by atoms with Crippen LogP contribution in [0.4, 0.5) is 10.8 Å². The van der Waals surface area contributed by atoms with Crippen molar-refractivity contribution in [1.29, 1.82) is 0 Å². The summed E-state index contributed by atoms with van der Waals surface area (Å²) in [4.78, 5) is 0. The van der Waals surface area contributed by atoms with Gasteiger partial charge in [0.1, 0.15) is 5.51 Å². The fourth-order valence-corrected chi connectivity index (χ4v) is 2.49. The Bertz CT molecular complexity index is 663. The number of halogens is 1. The molecule has 0 aliphatic heterocycles. The Balaban J connectivity index is 1.68. The number of anilines is 2. The van der Waals surface area contributed by atoms with Gasteiger partial charge in [-0.15, -0.1) is 10.2 Å². The second-order valence-electron chi connectivity index (χ2n) is 4.37. The molecule has 0 saturated carbocycles. The lowest BCUT2D eigenvalue weighted by Gasteiger charge is -2.05. The molecule has 5 heteroatoms. The van der Waals surface area contributed by atoms with Gasteiger partial charge in [0.15, 0.2) is 0 Å². The van der Waals surface area contributed by atoms with Gasteiger partial charge in [0.05, 0.1) is 0 Å². The van der Waals surface area contributed by atoms with Crippen molar-refractivity contribution in [1.82, 2.24) is 10.2 Å². The molecule has 2 aromatic carbocycles. The second kappa shape index (κ2) is 6.03. The molecule has 20 heavy (non-hydrogen) atoms. The minimum Gasteiger partial charge on any atom is -0.330 e. The average Bonchev–Trinajstić information content (AvgIpc) is 2.96. The third-order valence-electron chi connectivity index (χ3n) is 2.89. The Kier molecular flexibility index (Phi) is 3.95. The Hall–Kier alpha value is -1.91. The van der Waals surface area contributed by atoms with Crippen molar-refractivity contribution < 1.29 is 0 Å². The molecule has 3 aromatic rings. The second-order valence-corrected chi connectivity index (χ2v) is 5.64. The number of rotatable bonds is 4. The summed E-state index contributed by atoms with van der Waals surface area (Å²) in [6.07, 6.45) is 0.899. The lowest BCUT2D eigenvalue weighted by Crippen LogP contribution is -1.91. The normalized spacial score (nSPS) is 10.4. The van der Waals surface area contributed by atoms with Crippen LogP contribution in [0.25, 0.3) is 0 Å². The van der Waals surface area contributed by atoms with Crippen LogP contribution in [0.15, 0.2) is 54.0 Å². The van der Waals surface area contributed by atoms with Crippen LogP contribution in [0, 0.1) is 0 Å². The van der Waals surface area contributed by atoms with Crippen LogP contribution in [-0.2, 0) is 6.42 Å². The van der Waals surface area contributed by atoms with Crippen molar-refractivity contribution in [2.24, 2.45) is 0 Å². The molecular formula is C15H12ClN3S. The maximum absolute atomic E-state index is 5.88. The van der Waals surface area contributed by atoms with Gasteiger partial charge in [-0.05, 0) is 41.8 Å². The molecular weight excluding hydrogens is 290 g/mol. The van der Waals surface area contributed by atoms with E-state index in [9.17, 15) is 0 Å². The van der Waals surface area contributed by atoms with Gasteiger partial charge < -0.3 is 5.32 Å². The van der Waals surface area contributed by atoms with Crippen molar-refractivity contribution in [3.05, 3.63) is 70.2 Å². The molecule has 0 fully saturated rings. The molecule has 0 aliphatic carbocycles. The molecule has 1 aromatic heterocycles. The molecule has 3 nitrogen and oxygen atoms in total. The molecule has 0 unspecified atom stereocenters. The van der Waals surface area contributed by atoms with Crippen LogP contribution < -0.4 is 5.32 Å². The maximum atomic E-state index is 5.88. The van der Waals surface area contributed by atoms with E-state index in [1.165, 1.54) is 22.5 Å². The summed E-state index contributed by atoms with van der Waals surface area (Å²) >= 11 is 7.36. The first kappa shape index (κ1) is 13.1. The lowest BCUT2D eigenvalue weighted by molar-refractivity contribution is 1.09. The first-order valence-electron chi connectivity index (χ1n) is 6.16. The SMILES string of the molecule is Clc1ccc(Cc2ccc(Nc3nncs3)cc2)cc1. The van der Waals surface area contributed by atoms with Gasteiger partial charge in [-0.3, -0.25) is 0 Å². The number of aromatic nitrogens is 2. The van der Waals surface area contributed by atoms with E-state index < -0.39 is 0 Å². The standard InChI is InChI=1S/C15H12ClN3S/c16-13-5-1-11(2-6-13)9-12-3-7-14(8-4-12)18-15-19-17-10-20-15/h1-8,10H,9H2,(H,18,19). The van der Waals surface area contributed by atoms with Crippen LogP contribution in [0.5, 0.6) is 0 Å². The van der Waals surface area contributed by atoms with E-state index in [-0.39, 0.29) is 0 Å². The molecule has 1 N–H and O–H groups in total. The number of nitrogens with one attached hydrogen (secondary N) is 1. The monoisotopic (exact) mass is 301 g/mol.